The van der Waals surface area contributed by atoms with Crippen LogP contribution in [0.25, 0.3) is 11.0 Å². The number of fused-ring (bicyclic) bond motifs is 2. The Morgan fingerprint density at radius 3 is 2.81 bits per heavy atom. The largest absolute Gasteiger partial charge is 0.339 e. The first-order valence-electron chi connectivity index (χ1n) is 13.0. The molecule has 1 unspecified atom stereocenters. The maximum absolute atomic E-state index is 13.4. The SMILES string of the molecule is C[C@H]1C[C@@H]2c3cn(C)c4ncc(NC(=O)c5cccc(C#N)c5)c(c34)CC2CN1C(=O)C1CCCC1. The van der Waals surface area contributed by atoms with Crippen LogP contribution in [0.5, 0.6) is 0 Å². The van der Waals surface area contributed by atoms with E-state index in [1.54, 1.807) is 30.5 Å². The summed E-state index contributed by atoms with van der Waals surface area (Å²) in [5, 5.41) is 13.4. The molecule has 3 aromatic rings. The van der Waals surface area contributed by atoms with Crippen molar-refractivity contribution in [2.75, 3.05) is 11.9 Å². The van der Waals surface area contributed by atoms with E-state index in [0.29, 0.717) is 34.6 Å². The Kier molecular flexibility index (Phi) is 5.55. The van der Waals surface area contributed by atoms with Gasteiger partial charge in [-0.1, -0.05) is 18.9 Å². The normalized spacial score (nSPS) is 23.4. The molecule has 7 nitrogen and oxygen atoms in total. The highest BCUT2D eigenvalue weighted by Gasteiger charge is 2.43. The summed E-state index contributed by atoms with van der Waals surface area (Å²) in [5.41, 5.74) is 4.93. The lowest BCUT2D eigenvalue weighted by atomic mass is 9.70. The average Bonchev–Trinajstić information content (AvgIpc) is 3.54. The first-order chi connectivity index (χ1) is 17.4. The number of pyridine rings is 1. The number of nitrogens with one attached hydrogen (secondary N) is 1. The minimum atomic E-state index is -0.251. The highest BCUT2D eigenvalue weighted by atomic mass is 16.2. The second-order valence-electron chi connectivity index (χ2n) is 10.8. The van der Waals surface area contributed by atoms with E-state index in [4.69, 9.17) is 4.98 Å². The van der Waals surface area contributed by atoms with Crippen molar-refractivity contribution >= 4 is 28.5 Å². The fourth-order valence-corrected chi connectivity index (χ4v) is 6.78. The van der Waals surface area contributed by atoms with Crippen LogP contribution in [0.3, 0.4) is 0 Å². The van der Waals surface area contributed by atoms with E-state index in [9.17, 15) is 14.9 Å². The molecule has 2 aromatic heterocycles. The number of hydrogen-bond donors (Lipinski definition) is 1. The maximum Gasteiger partial charge on any atom is 0.255 e. The van der Waals surface area contributed by atoms with Gasteiger partial charge in [0, 0.05) is 42.7 Å². The maximum atomic E-state index is 13.4. The van der Waals surface area contributed by atoms with Crippen molar-refractivity contribution < 1.29 is 9.59 Å². The fraction of sp³-hybridized carbons (Fsp3) is 0.448. The number of benzene rings is 1. The van der Waals surface area contributed by atoms with Crippen LogP contribution in [0.2, 0.25) is 0 Å². The van der Waals surface area contributed by atoms with Gasteiger partial charge in [-0.15, -0.1) is 0 Å². The molecule has 2 fully saturated rings. The number of nitriles is 1. The van der Waals surface area contributed by atoms with E-state index in [1.807, 2.05) is 7.05 Å². The van der Waals surface area contributed by atoms with Crippen LogP contribution in [0, 0.1) is 23.2 Å². The van der Waals surface area contributed by atoms with Gasteiger partial charge in [0.25, 0.3) is 5.91 Å². The van der Waals surface area contributed by atoms with Crippen LogP contribution in [-0.2, 0) is 18.3 Å². The standard InChI is InChI=1S/C29H31N5O2/c1-17-10-22-21(15-34(17)29(36)19-7-3-4-8-19)12-23-25(14-31-27-26(23)24(22)16-33(27)2)32-28(35)20-9-5-6-18(11-20)13-30/h5-6,9,11,14,16-17,19,21-22H,3-4,7-8,10,12,15H2,1-2H3,(H,32,35)/t17-,21?,22-/m0/s1. The Bertz CT molecular complexity index is 1410. The van der Waals surface area contributed by atoms with Gasteiger partial charge in [0.05, 0.1) is 23.5 Å². The highest BCUT2D eigenvalue weighted by Crippen LogP contribution is 2.48. The number of piperidine rings is 1. The van der Waals surface area contributed by atoms with Crippen molar-refractivity contribution in [3.8, 4) is 6.07 Å². The summed E-state index contributed by atoms with van der Waals surface area (Å²) in [6, 6.07) is 9.04. The third kappa shape index (κ3) is 3.67. The van der Waals surface area contributed by atoms with Crippen molar-refractivity contribution in [3.63, 3.8) is 0 Å². The Balaban J connectivity index is 1.34. The van der Waals surface area contributed by atoms with Crippen molar-refractivity contribution in [1.29, 1.82) is 5.26 Å². The smallest absolute Gasteiger partial charge is 0.255 e. The van der Waals surface area contributed by atoms with Crippen LogP contribution in [0.1, 0.15) is 72.0 Å². The van der Waals surface area contributed by atoms with Gasteiger partial charge in [-0.25, -0.2) is 4.98 Å². The summed E-state index contributed by atoms with van der Waals surface area (Å²) in [5.74, 6) is 0.961. The first-order valence-corrected chi connectivity index (χ1v) is 13.0. The predicted octanol–water partition coefficient (Wildman–Crippen LogP) is 4.76. The number of carbonyl (C=O) groups is 2. The number of aryl methyl sites for hydroxylation is 1. The lowest BCUT2D eigenvalue weighted by molar-refractivity contribution is -0.140. The number of rotatable bonds is 3. The van der Waals surface area contributed by atoms with Crippen molar-refractivity contribution in [2.24, 2.45) is 18.9 Å². The minimum Gasteiger partial charge on any atom is -0.339 e. The molecule has 3 heterocycles. The monoisotopic (exact) mass is 481 g/mol. The van der Waals surface area contributed by atoms with Crippen molar-refractivity contribution in [2.45, 2.75) is 57.4 Å². The zero-order valence-electron chi connectivity index (χ0n) is 20.8. The third-order valence-electron chi connectivity index (χ3n) is 8.60. The summed E-state index contributed by atoms with van der Waals surface area (Å²) >= 11 is 0. The highest BCUT2D eigenvalue weighted by molar-refractivity contribution is 6.06. The summed E-state index contributed by atoms with van der Waals surface area (Å²) < 4.78 is 2.08. The molecule has 0 radical (unpaired) electrons. The molecule has 6 rings (SSSR count). The van der Waals surface area contributed by atoms with Gasteiger partial charge in [-0.3, -0.25) is 9.59 Å². The van der Waals surface area contributed by atoms with Gasteiger partial charge < -0.3 is 14.8 Å². The molecule has 1 saturated carbocycles. The van der Waals surface area contributed by atoms with Gasteiger partial charge >= 0.3 is 0 Å². The molecule has 184 valence electrons. The molecule has 1 N–H and O–H groups in total. The number of nitrogens with zero attached hydrogens (tertiary/aromatic N) is 4. The quantitative estimate of drug-likeness (QED) is 0.584. The number of aromatic nitrogens is 2. The van der Waals surface area contributed by atoms with Gasteiger partial charge in [0.2, 0.25) is 5.91 Å². The number of likely N-dealkylation sites (tertiary alicyclic amines) is 1. The molecule has 7 heteroatoms. The Hall–Kier alpha value is -3.66. The molecule has 36 heavy (non-hydrogen) atoms. The molecular weight excluding hydrogens is 450 g/mol. The van der Waals surface area contributed by atoms with E-state index >= 15 is 0 Å². The summed E-state index contributed by atoms with van der Waals surface area (Å²) in [6.45, 7) is 2.96. The van der Waals surface area contributed by atoms with Gasteiger partial charge in [-0.05, 0) is 73.8 Å². The second kappa shape index (κ2) is 8.77. The number of amides is 2. The third-order valence-corrected chi connectivity index (χ3v) is 8.60. The van der Waals surface area contributed by atoms with Crippen LogP contribution in [0.4, 0.5) is 5.69 Å². The van der Waals surface area contributed by atoms with Crippen LogP contribution >= 0.6 is 0 Å². The van der Waals surface area contributed by atoms with E-state index in [2.05, 4.69) is 34.0 Å². The van der Waals surface area contributed by atoms with E-state index < -0.39 is 0 Å². The first kappa shape index (κ1) is 22.8. The Labute approximate surface area is 211 Å². The zero-order chi connectivity index (χ0) is 25.0. The molecule has 1 aliphatic heterocycles. The molecular formula is C29H31N5O2. The van der Waals surface area contributed by atoms with Gasteiger partial charge in [0.15, 0.2) is 0 Å². The number of anilines is 1. The molecule has 3 atom stereocenters. The topological polar surface area (TPSA) is 91.0 Å². The minimum absolute atomic E-state index is 0.187. The van der Waals surface area contributed by atoms with Crippen molar-refractivity contribution in [1.82, 2.24) is 14.5 Å². The van der Waals surface area contributed by atoms with Crippen LogP contribution < -0.4 is 5.32 Å². The fourth-order valence-electron chi connectivity index (χ4n) is 6.78. The molecule has 2 aliphatic carbocycles. The van der Waals surface area contributed by atoms with E-state index in [1.165, 1.54) is 5.56 Å². The molecule has 1 aromatic carbocycles. The Morgan fingerprint density at radius 1 is 1.22 bits per heavy atom. The van der Waals surface area contributed by atoms with Crippen molar-refractivity contribution in [3.05, 3.63) is 58.9 Å². The van der Waals surface area contributed by atoms with Gasteiger partial charge in [-0.2, -0.15) is 5.26 Å². The zero-order valence-corrected chi connectivity index (χ0v) is 20.8. The van der Waals surface area contributed by atoms with E-state index in [0.717, 1.165) is 61.7 Å². The molecule has 1 saturated heterocycles. The van der Waals surface area contributed by atoms with Gasteiger partial charge in [0.1, 0.15) is 5.65 Å². The lowest BCUT2D eigenvalue weighted by Gasteiger charge is -2.45. The second-order valence-corrected chi connectivity index (χ2v) is 10.8. The summed E-state index contributed by atoms with van der Waals surface area (Å²) in [6.07, 6.45) is 10.1. The van der Waals surface area contributed by atoms with E-state index in [-0.39, 0.29) is 17.9 Å². The average molecular weight is 482 g/mol. The Morgan fingerprint density at radius 2 is 2.03 bits per heavy atom. The summed E-state index contributed by atoms with van der Waals surface area (Å²) in [7, 11) is 2.02. The van der Waals surface area contributed by atoms with Crippen LogP contribution in [0.15, 0.2) is 36.7 Å². The lowest BCUT2D eigenvalue weighted by Crippen LogP contribution is -2.51. The molecule has 0 spiro atoms. The number of hydrogen-bond acceptors (Lipinski definition) is 4. The predicted molar refractivity (Wildman–Crippen MR) is 138 cm³/mol. The molecule has 3 aliphatic rings. The molecule has 0 bridgehead atoms. The van der Waals surface area contributed by atoms with Crippen LogP contribution in [-0.4, -0.2) is 38.9 Å². The number of carbonyl (C=O) groups excluding carboxylic acids is 2. The summed E-state index contributed by atoms with van der Waals surface area (Å²) in [4.78, 5) is 33.3. The molecule has 2 amide bonds.